The molecule has 2 aliphatic carbocycles. The Morgan fingerprint density at radius 1 is 1.28 bits per heavy atom. The van der Waals surface area contributed by atoms with Crippen molar-refractivity contribution in [2.24, 2.45) is 23.2 Å². The molecule has 3 aliphatic rings. The lowest BCUT2D eigenvalue weighted by Crippen LogP contribution is -2.43. The third kappa shape index (κ3) is 0.878. The van der Waals surface area contributed by atoms with Crippen molar-refractivity contribution >= 4 is 11.8 Å². The van der Waals surface area contributed by atoms with Crippen molar-refractivity contribution in [2.45, 2.75) is 13.3 Å². The number of hydrogen-bond donors (Lipinski definition) is 0. The van der Waals surface area contributed by atoms with Gasteiger partial charge in [-0.2, -0.15) is 5.01 Å². The summed E-state index contributed by atoms with van der Waals surface area (Å²) >= 11 is 0. The minimum atomic E-state index is -0.583. The van der Waals surface area contributed by atoms with Gasteiger partial charge in [-0.3, -0.25) is 9.59 Å². The smallest absolute Gasteiger partial charge is 0.256 e. The minimum Gasteiger partial charge on any atom is -0.272 e. The van der Waals surface area contributed by atoms with Crippen LogP contribution in [0.15, 0.2) is 24.8 Å². The van der Waals surface area contributed by atoms with Gasteiger partial charge in [0.1, 0.15) is 12.7 Å². The van der Waals surface area contributed by atoms with E-state index in [0.717, 1.165) is 6.42 Å². The minimum absolute atomic E-state index is 0.126. The Kier molecular flexibility index (Phi) is 1.60. The molecule has 0 radical (unpaired) electrons. The molecule has 2 heterocycles. The molecule has 0 unspecified atom stereocenters. The fraction of sp³-hybridized carbons (Fsp3) is 0.500. The summed E-state index contributed by atoms with van der Waals surface area (Å²) < 4.78 is 1.38. The van der Waals surface area contributed by atoms with Gasteiger partial charge in [-0.15, -0.1) is 10.2 Å². The van der Waals surface area contributed by atoms with Crippen molar-refractivity contribution in [1.82, 2.24) is 14.9 Å². The molecule has 2 bridgehead atoms. The Hall–Kier alpha value is -1.98. The average molecular weight is 244 g/mol. The molecule has 1 aliphatic heterocycles. The Balaban J connectivity index is 1.85. The van der Waals surface area contributed by atoms with Crippen molar-refractivity contribution in [3.8, 4) is 0 Å². The molecule has 1 saturated heterocycles. The maximum Gasteiger partial charge on any atom is 0.256 e. The van der Waals surface area contributed by atoms with Gasteiger partial charge in [0, 0.05) is 0 Å². The maximum absolute atomic E-state index is 12.6. The highest BCUT2D eigenvalue weighted by Gasteiger charge is 2.67. The van der Waals surface area contributed by atoms with E-state index in [1.807, 2.05) is 6.92 Å². The van der Waals surface area contributed by atoms with E-state index < -0.39 is 5.41 Å². The Morgan fingerprint density at radius 3 is 2.67 bits per heavy atom. The quantitative estimate of drug-likeness (QED) is 0.519. The van der Waals surface area contributed by atoms with Crippen molar-refractivity contribution in [1.29, 1.82) is 0 Å². The molecule has 18 heavy (non-hydrogen) atoms. The summed E-state index contributed by atoms with van der Waals surface area (Å²) in [6.07, 6.45) is 7.86. The van der Waals surface area contributed by atoms with Crippen LogP contribution in [0.25, 0.3) is 0 Å². The van der Waals surface area contributed by atoms with Crippen molar-refractivity contribution in [3.05, 3.63) is 24.8 Å². The largest absolute Gasteiger partial charge is 0.272 e. The summed E-state index contributed by atoms with van der Waals surface area (Å²) in [5.41, 5.74) is -0.583. The summed E-state index contributed by atoms with van der Waals surface area (Å²) in [4.78, 5) is 25.1. The predicted molar refractivity (Wildman–Crippen MR) is 60.6 cm³/mol. The zero-order valence-electron chi connectivity index (χ0n) is 9.85. The number of amides is 2. The van der Waals surface area contributed by atoms with Gasteiger partial charge in [-0.1, -0.05) is 12.2 Å². The Bertz CT molecular complexity index is 579. The van der Waals surface area contributed by atoms with Crippen LogP contribution in [0.3, 0.4) is 0 Å². The average Bonchev–Trinajstić information content (AvgIpc) is 3.04. The van der Waals surface area contributed by atoms with Crippen LogP contribution in [0, 0.1) is 23.2 Å². The number of imide groups is 1. The van der Waals surface area contributed by atoms with Gasteiger partial charge in [0.15, 0.2) is 0 Å². The SMILES string of the molecule is C[C@]12C(=O)N(n3cnnc3)C(=O)[C@H]1[C@H]1C=C[C@@H]2C1. The number of rotatable bonds is 1. The normalized spacial score (nSPS) is 40.9. The van der Waals surface area contributed by atoms with Crippen LogP contribution in [0.5, 0.6) is 0 Å². The molecule has 2 amide bonds. The van der Waals surface area contributed by atoms with E-state index in [4.69, 9.17) is 0 Å². The Labute approximate surface area is 103 Å². The van der Waals surface area contributed by atoms with Crippen LogP contribution in [0.2, 0.25) is 0 Å². The highest BCUT2D eigenvalue weighted by Crippen LogP contribution is 2.59. The molecular weight excluding hydrogens is 232 g/mol. The first-order chi connectivity index (χ1) is 8.64. The summed E-state index contributed by atoms with van der Waals surface area (Å²) in [5, 5.41) is 8.51. The van der Waals surface area contributed by atoms with E-state index in [9.17, 15) is 9.59 Å². The highest BCUT2D eigenvalue weighted by atomic mass is 16.2. The standard InChI is InChI=1S/C12H12N4O2/c1-12-8-3-2-7(4-8)9(12)10(17)16(11(12)18)15-5-13-14-6-15/h2-3,5-9H,4H2,1H3/t7-,8+,9+,12+/m0/s1. The second kappa shape index (κ2) is 2.88. The zero-order valence-corrected chi connectivity index (χ0v) is 9.85. The van der Waals surface area contributed by atoms with Gasteiger partial charge in [-0.05, 0) is 25.2 Å². The lowest BCUT2D eigenvalue weighted by molar-refractivity contribution is -0.128. The first-order valence-electron chi connectivity index (χ1n) is 6.05. The molecule has 6 nitrogen and oxygen atoms in total. The number of aromatic nitrogens is 3. The number of allylic oxidation sites excluding steroid dienone is 2. The second-order valence-corrected chi connectivity index (χ2v) is 5.45. The predicted octanol–water partition coefficient (Wildman–Crippen LogP) is 0.111. The second-order valence-electron chi connectivity index (χ2n) is 5.45. The van der Waals surface area contributed by atoms with Crippen molar-refractivity contribution in [2.75, 3.05) is 5.01 Å². The fourth-order valence-electron chi connectivity index (χ4n) is 3.80. The number of carbonyl (C=O) groups is 2. The topological polar surface area (TPSA) is 68.1 Å². The van der Waals surface area contributed by atoms with Crippen LogP contribution in [0.4, 0.5) is 0 Å². The van der Waals surface area contributed by atoms with E-state index in [-0.39, 0.29) is 29.6 Å². The third-order valence-corrected chi connectivity index (χ3v) is 4.73. The molecule has 0 spiro atoms. The van der Waals surface area contributed by atoms with Crippen molar-refractivity contribution in [3.63, 3.8) is 0 Å². The zero-order chi connectivity index (χ0) is 12.5. The molecule has 1 aromatic rings. The van der Waals surface area contributed by atoms with E-state index in [2.05, 4.69) is 22.3 Å². The first kappa shape index (κ1) is 9.99. The number of carbonyl (C=O) groups excluding carboxylic acids is 2. The lowest BCUT2D eigenvalue weighted by atomic mass is 9.71. The van der Waals surface area contributed by atoms with Gasteiger partial charge in [0.2, 0.25) is 0 Å². The molecule has 4 atom stereocenters. The number of nitrogens with zero attached hydrogens (tertiary/aromatic N) is 4. The molecule has 0 N–H and O–H groups in total. The van der Waals surface area contributed by atoms with E-state index in [1.165, 1.54) is 22.3 Å². The monoisotopic (exact) mass is 244 g/mol. The molecule has 92 valence electrons. The van der Waals surface area contributed by atoms with Gasteiger partial charge in [-0.25, -0.2) is 4.68 Å². The maximum atomic E-state index is 12.6. The van der Waals surface area contributed by atoms with Gasteiger partial charge in [0.05, 0.1) is 11.3 Å². The molecule has 2 fully saturated rings. The fourth-order valence-corrected chi connectivity index (χ4v) is 3.80. The molecule has 0 aromatic carbocycles. The summed E-state index contributed by atoms with van der Waals surface area (Å²) in [6.45, 7) is 1.91. The molecular formula is C12H12N4O2. The number of hydrogen-bond acceptors (Lipinski definition) is 4. The first-order valence-corrected chi connectivity index (χ1v) is 6.05. The molecule has 6 heteroatoms. The van der Waals surface area contributed by atoms with Gasteiger partial charge < -0.3 is 0 Å². The van der Waals surface area contributed by atoms with Crippen LogP contribution < -0.4 is 5.01 Å². The lowest BCUT2D eigenvalue weighted by Gasteiger charge is -2.27. The van der Waals surface area contributed by atoms with E-state index in [1.54, 1.807) is 0 Å². The van der Waals surface area contributed by atoms with Crippen molar-refractivity contribution < 1.29 is 9.59 Å². The molecule has 4 rings (SSSR count). The van der Waals surface area contributed by atoms with E-state index in [0.29, 0.717) is 0 Å². The van der Waals surface area contributed by atoms with Crippen LogP contribution in [-0.4, -0.2) is 26.7 Å². The molecule has 1 aromatic heterocycles. The number of fused-ring (bicyclic) bond motifs is 5. The van der Waals surface area contributed by atoms with Gasteiger partial charge in [0.25, 0.3) is 11.8 Å². The summed E-state index contributed by atoms with van der Waals surface area (Å²) in [7, 11) is 0. The Morgan fingerprint density at radius 2 is 2.00 bits per heavy atom. The summed E-state index contributed by atoms with van der Waals surface area (Å²) in [5.74, 6) is -0.0842. The highest BCUT2D eigenvalue weighted by molar-refractivity contribution is 6.19. The van der Waals surface area contributed by atoms with Crippen LogP contribution in [-0.2, 0) is 9.59 Å². The van der Waals surface area contributed by atoms with Crippen LogP contribution >= 0.6 is 0 Å². The summed E-state index contributed by atoms with van der Waals surface area (Å²) in [6, 6.07) is 0. The molecule has 1 saturated carbocycles. The third-order valence-electron chi connectivity index (χ3n) is 4.73. The van der Waals surface area contributed by atoms with Gasteiger partial charge >= 0.3 is 0 Å². The van der Waals surface area contributed by atoms with Crippen LogP contribution in [0.1, 0.15) is 13.3 Å². The van der Waals surface area contributed by atoms with E-state index >= 15 is 0 Å².